The fourth-order valence-electron chi connectivity index (χ4n) is 2.39. The Morgan fingerprint density at radius 1 is 1.21 bits per heavy atom. The lowest BCUT2D eigenvalue weighted by molar-refractivity contribution is -0.114. The average Bonchev–Trinajstić information content (AvgIpc) is 2.55. The molecule has 1 amide bonds. The van der Waals surface area contributed by atoms with Gasteiger partial charge in [0.25, 0.3) is 0 Å². The van der Waals surface area contributed by atoms with Crippen LogP contribution < -0.4 is 10.6 Å². The van der Waals surface area contributed by atoms with E-state index in [9.17, 15) is 9.18 Å². The number of pyridine rings is 1. The fraction of sp³-hybridized carbons (Fsp3) is 0.111. The van der Waals surface area contributed by atoms with Crippen molar-refractivity contribution < 1.29 is 9.18 Å². The normalized spacial score (nSPS) is 10.6. The summed E-state index contributed by atoms with van der Waals surface area (Å²) >= 11 is 6.21. The number of rotatable bonds is 4. The number of nitrogens with zero attached hydrogens (tertiary/aromatic N) is 1. The van der Waals surface area contributed by atoms with E-state index in [2.05, 4.69) is 15.6 Å². The predicted octanol–water partition coefficient (Wildman–Crippen LogP) is 4.60. The van der Waals surface area contributed by atoms with E-state index in [1.165, 1.54) is 19.1 Å². The van der Waals surface area contributed by atoms with Crippen molar-refractivity contribution in [2.45, 2.75) is 13.5 Å². The third kappa shape index (κ3) is 3.63. The molecule has 0 unspecified atom stereocenters. The summed E-state index contributed by atoms with van der Waals surface area (Å²) in [5, 5.41) is 6.96. The third-order valence-electron chi connectivity index (χ3n) is 3.51. The zero-order chi connectivity index (χ0) is 17.1. The van der Waals surface area contributed by atoms with Gasteiger partial charge in [-0.15, -0.1) is 0 Å². The van der Waals surface area contributed by atoms with Crippen molar-refractivity contribution in [2.75, 3.05) is 10.6 Å². The molecule has 1 aromatic heterocycles. The Labute approximate surface area is 143 Å². The van der Waals surface area contributed by atoms with Gasteiger partial charge in [0.05, 0.1) is 11.2 Å². The molecule has 0 spiro atoms. The van der Waals surface area contributed by atoms with Gasteiger partial charge in [-0.05, 0) is 30.3 Å². The summed E-state index contributed by atoms with van der Waals surface area (Å²) in [6.45, 7) is 1.72. The highest BCUT2D eigenvalue weighted by Crippen LogP contribution is 2.24. The number of amides is 1. The molecule has 122 valence electrons. The van der Waals surface area contributed by atoms with Crippen LogP contribution in [0.15, 0.2) is 48.5 Å². The highest BCUT2D eigenvalue weighted by molar-refractivity contribution is 6.30. The molecule has 6 heteroatoms. The highest BCUT2D eigenvalue weighted by atomic mass is 35.5. The van der Waals surface area contributed by atoms with Gasteiger partial charge in [-0.3, -0.25) is 4.79 Å². The SMILES string of the molecule is CC(=O)Nc1ccc(F)c(NCc2cc3ccccc3nc2Cl)c1. The smallest absolute Gasteiger partial charge is 0.221 e. The van der Waals surface area contributed by atoms with Crippen LogP contribution in [0.5, 0.6) is 0 Å². The summed E-state index contributed by atoms with van der Waals surface area (Å²) in [4.78, 5) is 15.4. The molecule has 3 aromatic rings. The van der Waals surface area contributed by atoms with E-state index in [-0.39, 0.29) is 11.6 Å². The van der Waals surface area contributed by atoms with E-state index in [1.54, 1.807) is 6.07 Å². The van der Waals surface area contributed by atoms with Crippen LogP contribution in [0.4, 0.5) is 15.8 Å². The summed E-state index contributed by atoms with van der Waals surface area (Å²) in [6, 6.07) is 13.9. The lowest BCUT2D eigenvalue weighted by Gasteiger charge is -2.11. The first kappa shape index (κ1) is 16.2. The predicted molar refractivity (Wildman–Crippen MR) is 94.8 cm³/mol. The first-order chi connectivity index (χ1) is 11.5. The molecule has 2 N–H and O–H groups in total. The molecule has 1 heterocycles. The molecule has 0 fully saturated rings. The van der Waals surface area contributed by atoms with Crippen molar-refractivity contribution in [1.29, 1.82) is 0 Å². The Hall–Kier alpha value is -2.66. The molecule has 0 aliphatic heterocycles. The Morgan fingerprint density at radius 2 is 2.00 bits per heavy atom. The number of carbonyl (C=O) groups excluding carboxylic acids is 1. The van der Waals surface area contributed by atoms with E-state index in [1.807, 2.05) is 30.3 Å². The number of anilines is 2. The van der Waals surface area contributed by atoms with Gasteiger partial charge in [-0.25, -0.2) is 9.37 Å². The van der Waals surface area contributed by atoms with Crippen molar-refractivity contribution in [2.24, 2.45) is 0 Å². The molecule has 0 aliphatic carbocycles. The topological polar surface area (TPSA) is 54.0 Å². The molecule has 0 atom stereocenters. The van der Waals surface area contributed by atoms with Crippen molar-refractivity contribution >= 4 is 39.8 Å². The van der Waals surface area contributed by atoms with Crippen molar-refractivity contribution in [1.82, 2.24) is 4.98 Å². The minimum Gasteiger partial charge on any atom is -0.378 e. The lowest BCUT2D eigenvalue weighted by atomic mass is 10.1. The molecule has 0 bridgehead atoms. The first-order valence-corrected chi connectivity index (χ1v) is 7.76. The van der Waals surface area contributed by atoms with E-state index in [0.717, 1.165) is 16.5 Å². The molecule has 24 heavy (non-hydrogen) atoms. The number of para-hydroxylation sites is 1. The van der Waals surface area contributed by atoms with E-state index >= 15 is 0 Å². The highest BCUT2D eigenvalue weighted by Gasteiger charge is 2.08. The number of fused-ring (bicyclic) bond motifs is 1. The third-order valence-corrected chi connectivity index (χ3v) is 3.83. The Kier molecular flexibility index (Phi) is 4.62. The minimum absolute atomic E-state index is 0.214. The van der Waals surface area contributed by atoms with Gasteiger partial charge in [0, 0.05) is 30.1 Å². The Balaban J connectivity index is 1.83. The lowest BCUT2D eigenvalue weighted by Crippen LogP contribution is -2.07. The van der Waals surface area contributed by atoms with Crippen molar-refractivity contribution in [3.05, 3.63) is 65.1 Å². The van der Waals surface area contributed by atoms with Gasteiger partial charge in [0.15, 0.2) is 0 Å². The van der Waals surface area contributed by atoms with Crippen LogP contribution in [-0.4, -0.2) is 10.9 Å². The Bertz CT molecular complexity index is 914. The van der Waals surface area contributed by atoms with Crippen LogP contribution in [0.3, 0.4) is 0 Å². The van der Waals surface area contributed by atoms with Crippen LogP contribution in [0.2, 0.25) is 5.15 Å². The molecule has 0 saturated heterocycles. The van der Waals surface area contributed by atoms with Crippen LogP contribution >= 0.6 is 11.6 Å². The summed E-state index contributed by atoms with van der Waals surface area (Å²) < 4.78 is 13.9. The molecule has 0 saturated carbocycles. The summed E-state index contributed by atoms with van der Waals surface area (Å²) in [7, 11) is 0. The van der Waals surface area contributed by atoms with Gasteiger partial charge in [-0.1, -0.05) is 29.8 Å². The maximum absolute atomic E-state index is 13.9. The molecular weight excluding hydrogens is 329 g/mol. The second kappa shape index (κ2) is 6.84. The monoisotopic (exact) mass is 343 g/mol. The number of nitrogens with one attached hydrogen (secondary N) is 2. The van der Waals surface area contributed by atoms with Gasteiger partial charge >= 0.3 is 0 Å². The number of benzene rings is 2. The van der Waals surface area contributed by atoms with E-state index < -0.39 is 5.82 Å². The number of aromatic nitrogens is 1. The molecule has 0 aliphatic rings. The summed E-state index contributed by atoms with van der Waals surface area (Å²) in [5.74, 6) is -0.622. The fourth-order valence-corrected chi connectivity index (χ4v) is 2.60. The van der Waals surface area contributed by atoms with Gasteiger partial charge in [0.1, 0.15) is 11.0 Å². The zero-order valence-electron chi connectivity index (χ0n) is 12.9. The van der Waals surface area contributed by atoms with Crippen LogP contribution in [0.1, 0.15) is 12.5 Å². The van der Waals surface area contributed by atoms with Gasteiger partial charge in [-0.2, -0.15) is 0 Å². The minimum atomic E-state index is -0.408. The number of carbonyl (C=O) groups is 1. The largest absolute Gasteiger partial charge is 0.378 e. The van der Waals surface area contributed by atoms with Gasteiger partial charge in [0.2, 0.25) is 5.91 Å². The molecule has 3 rings (SSSR count). The maximum Gasteiger partial charge on any atom is 0.221 e. The van der Waals surface area contributed by atoms with Crippen LogP contribution in [-0.2, 0) is 11.3 Å². The van der Waals surface area contributed by atoms with E-state index in [0.29, 0.717) is 17.4 Å². The van der Waals surface area contributed by atoms with E-state index in [4.69, 9.17) is 11.6 Å². The molecule has 0 radical (unpaired) electrons. The summed E-state index contributed by atoms with van der Waals surface area (Å²) in [5.41, 5.74) is 2.38. The van der Waals surface area contributed by atoms with Crippen molar-refractivity contribution in [3.8, 4) is 0 Å². The Morgan fingerprint density at radius 3 is 2.79 bits per heavy atom. The van der Waals surface area contributed by atoms with Gasteiger partial charge < -0.3 is 10.6 Å². The quantitative estimate of drug-likeness (QED) is 0.681. The first-order valence-electron chi connectivity index (χ1n) is 7.38. The molecule has 4 nitrogen and oxygen atoms in total. The molecular formula is C18H15ClFN3O. The summed E-state index contributed by atoms with van der Waals surface area (Å²) in [6.07, 6.45) is 0. The number of hydrogen-bond donors (Lipinski definition) is 2. The second-order valence-corrected chi connectivity index (χ2v) is 5.72. The van der Waals surface area contributed by atoms with Crippen LogP contribution in [0.25, 0.3) is 10.9 Å². The van der Waals surface area contributed by atoms with Crippen molar-refractivity contribution in [3.63, 3.8) is 0 Å². The standard InChI is InChI=1S/C18H15ClFN3O/c1-11(24)22-14-6-7-15(20)17(9-14)21-10-13-8-12-4-2-3-5-16(12)23-18(13)19/h2-9,21H,10H2,1H3,(H,22,24). The van der Waals surface area contributed by atoms with Crippen LogP contribution in [0, 0.1) is 5.82 Å². The molecule has 2 aromatic carbocycles. The average molecular weight is 344 g/mol. The number of hydrogen-bond acceptors (Lipinski definition) is 3. The maximum atomic E-state index is 13.9. The zero-order valence-corrected chi connectivity index (χ0v) is 13.7. The number of halogens is 2. The second-order valence-electron chi connectivity index (χ2n) is 5.36.